The van der Waals surface area contributed by atoms with E-state index in [0.29, 0.717) is 17.9 Å². The summed E-state index contributed by atoms with van der Waals surface area (Å²) in [5, 5.41) is 16.5. The highest BCUT2D eigenvalue weighted by atomic mass is 32.2. The number of hydrogen-bond donors (Lipinski definition) is 3. The van der Waals surface area contributed by atoms with Gasteiger partial charge >= 0.3 is 0 Å². The third-order valence-electron chi connectivity index (χ3n) is 4.25. The first-order valence-corrected chi connectivity index (χ1v) is 9.25. The highest BCUT2D eigenvalue weighted by Crippen LogP contribution is 2.29. The summed E-state index contributed by atoms with van der Waals surface area (Å²) in [5.74, 6) is 0.975. The molecule has 1 aliphatic rings. The predicted molar refractivity (Wildman–Crippen MR) is 100 cm³/mol. The second-order valence-electron chi connectivity index (χ2n) is 6.14. The van der Waals surface area contributed by atoms with E-state index in [0.717, 1.165) is 11.4 Å². The zero-order valence-corrected chi connectivity index (χ0v) is 14.5. The average Bonchev–Trinajstić information content (AvgIpc) is 3.05. The number of benzene rings is 2. The number of thioether (sulfide) groups is 1. The van der Waals surface area contributed by atoms with Crippen LogP contribution in [0, 0.1) is 0 Å². The Kier molecular flexibility index (Phi) is 5.11. The Morgan fingerprint density at radius 1 is 1.12 bits per heavy atom. The zero-order valence-electron chi connectivity index (χ0n) is 13.7. The Morgan fingerprint density at radius 3 is 2.42 bits per heavy atom. The van der Waals surface area contributed by atoms with Crippen LogP contribution in [-0.2, 0) is 4.79 Å². The van der Waals surface area contributed by atoms with Crippen LogP contribution < -0.4 is 10.6 Å². The normalized spacial score (nSPS) is 21.2. The molecule has 5 heteroatoms. The second kappa shape index (κ2) is 7.28. The molecule has 1 saturated heterocycles. The summed E-state index contributed by atoms with van der Waals surface area (Å²) in [4.78, 5) is 12.2. The van der Waals surface area contributed by atoms with Crippen molar-refractivity contribution in [2.75, 3.05) is 22.1 Å². The fourth-order valence-corrected chi connectivity index (χ4v) is 3.95. The Bertz CT molecular complexity index is 682. The topological polar surface area (TPSA) is 61.4 Å². The van der Waals surface area contributed by atoms with Crippen molar-refractivity contribution in [1.29, 1.82) is 0 Å². The molecule has 2 aromatic rings. The molecule has 0 aromatic heterocycles. The summed E-state index contributed by atoms with van der Waals surface area (Å²) in [7, 11) is 0. The van der Waals surface area contributed by atoms with Crippen LogP contribution in [0.15, 0.2) is 54.6 Å². The second-order valence-corrected chi connectivity index (χ2v) is 7.25. The predicted octanol–water partition coefficient (Wildman–Crippen LogP) is 3.67. The molecule has 3 rings (SSSR count). The molecule has 1 heterocycles. The van der Waals surface area contributed by atoms with Gasteiger partial charge in [-0.2, -0.15) is 11.8 Å². The summed E-state index contributed by atoms with van der Waals surface area (Å²) in [6.07, 6.45) is 0.512. The molecule has 2 aromatic carbocycles. The van der Waals surface area contributed by atoms with Gasteiger partial charge in [0, 0.05) is 23.2 Å². The van der Waals surface area contributed by atoms with E-state index in [4.69, 9.17) is 0 Å². The molecule has 1 aliphatic heterocycles. The van der Waals surface area contributed by atoms with Crippen LogP contribution in [0.25, 0.3) is 0 Å². The van der Waals surface area contributed by atoms with Crippen LogP contribution in [0.5, 0.6) is 0 Å². The molecule has 2 unspecified atom stereocenters. The van der Waals surface area contributed by atoms with Crippen LogP contribution in [-0.4, -0.2) is 28.1 Å². The number of anilines is 2. The minimum Gasteiger partial charge on any atom is -0.379 e. The van der Waals surface area contributed by atoms with E-state index in [1.165, 1.54) is 5.56 Å². The number of hydrogen-bond acceptors (Lipinski definition) is 4. The van der Waals surface area contributed by atoms with Gasteiger partial charge in [-0.15, -0.1) is 0 Å². The lowest BCUT2D eigenvalue weighted by Crippen LogP contribution is -2.42. The molecule has 126 valence electrons. The standard InChI is InChI=1S/C19H22N2O2S/c1-14(15-5-3-2-4-6-15)20-16-7-9-17(10-8-16)21-18(22)19(23)11-12-24-13-19/h2-10,14,20,23H,11-13H2,1H3,(H,21,22). The lowest BCUT2D eigenvalue weighted by Gasteiger charge is -2.20. The Morgan fingerprint density at radius 2 is 1.79 bits per heavy atom. The first-order chi connectivity index (χ1) is 11.6. The molecule has 1 fully saturated rings. The molecule has 3 N–H and O–H groups in total. The molecule has 2 atom stereocenters. The Labute approximate surface area is 146 Å². The van der Waals surface area contributed by atoms with Crippen molar-refractivity contribution in [3.63, 3.8) is 0 Å². The van der Waals surface area contributed by atoms with Crippen molar-refractivity contribution in [2.45, 2.75) is 25.0 Å². The summed E-state index contributed by atoms with van der Waals surface area (Å²) < 4.78 is 0. The van der Waals surface area contributed by atoms with Gasteiger partial charge in [-0.25, -0.2) is 0 Å². The van der Waals surface area contributed by atoms with Gasteiger partial charge in [-0.1, -0.05) is 30.3 Å². The van der Waals surface area contributed by atoms with E-state index in [-0.39, 0.29) is 11.9 Å². The highest BCUT2D eigenvalue weighted by molar-refractivity contribution is 7.99. The zero-order chi connectivity index (χ0) is 17.0. The van der Waals surface area contributed by atoms with Crippen LogP contribution >= 0.6 is 11.8 Å². The van der Waals surface area contributed by atoms with Crippen molar-refractivity contribution in [1.82, 2.24) is 0 Å². The molecular formula is C19H22N2O2S. The number of aliphatic hydroxyl groups is 1. The van der Waals surface area contributed by atoms with Gasteiger partial charge in [-0.05, 0) is 48.9 Å². The number of nitrogens with one attached hydrogen (secondary N) is 2. The summed E-state index contributed by atoms with van der Waals surface area (Å²) >= 11 is 1.61. The molecule has 0 saturated carbocycles. The van der Waals surface area contributed by atoms with E-state index in [9.17, 15) is 9.90 Å². The molecule has 1 amide bonds. The van der Waals surface area contributed by atoms with Gasteiger partial charge in [0.25, 0.3) is 5.91 Å². The fourth-order valence-electron chi connectivity index (χ4n) is 2.71. The van der Waals surface area contributed by atoms with Crippen LogP contribution in [0.3, 0.4) is 0 Å². The Hall–Kier alpha value is -1.98. The number of rotatable bonds is 5. The lowest BCUT2D eigenvalue weighted by atomic mass is 10.0. The number of amides is 1. The van der Waals surface area contributed by atoms with Gasteiger partial charge in [0.2, 0.25) is 0 Å². The van der Waals surface area contributed by atoms with Gasteiger partial charge < -0.3 is 15.7 Å². The van der Waals surface area contributed by atoms with Crippen molar-refractivity contribution in [3.05, 3.63) is 60.2 Å². The van der Waals surface area contributed by atoms with E-state index in [2.05, 4.69) is 29.7 Å². The average molecular weight is 342 g/mol. The monoisotopic (exact) mass is 342 g/mol. The van der Waals surface area contributed by atoms with Crippen molar-refractivity contribution in [2.24, 2.45) is 0 Å². The van der Waals surface area contributed by atoms with Gasteiger partial charge in [0.05, 0.1) is 0 Å². The maximum absolute atomic E-state index is 12.2. The van der Waals surface area contributed by atoms with Gasteiger partial charge in [0.1, 0.15) is 0 Å². The van der Waals surface area contributed by atoms with E-state index < -0.39 is 5.60 Å². The van der Waals surface area contributed by atoms with Gasteiger partial charge in [0.15, 0.2) is 5.60 Å². The molecular weight excluding hydrogens is 320 g/mol. The van der Waals surface area contributed by atoms with E-state index >= 15 is 0 Å². The van der Waals surface area contributed by atoms with Crippen molar-refractivity contribution in [3.8, 4) is 0 Å². The highest BCUT2D eigenvalue weighted by Gasteiger charge is 2.39. The molecule has 0 radical (unpaired) electrons. The maximum Gasteiger partial charge on any atom is 0.257 e. The van der Waals surface area contributed by atoms with E-state index in [1.807, 2.05) is 42.5 Å². The first kappa shape index (κ1) is 16.9. The number of carbonyl (C=O) groups excluding carboxylic acids is 1. The minimum absolute atomic E-state index is 0.197. The lowest BCUT2D eigenvalue weighted by molar-refractivity contribution is -0.131. The van der Waals surface area contributed by atoms with Crippen LogP contribution in [0.4, 0.5) is 11.4 Å². The molecule has 0 spiro atoms. The largest absolute Gasteiger partial charge is 0.379 e. The summed E-state index contributed by atoms with van der Waals surface area (Å²) in [5.41, 5.74) is 1.67. The minimum atomic E-state index is -1.23. The molecule has 24 heavy (non-hydrogen) atoms. The summed E-state index contributed by atoms with van der Waals surface area (Å²) in [6, 6.07) is 18.0. The molecule has 0 bridgehead atoms. The molecule has 0 aliphatic carbocycles. The SMILES string of the molecule is CC(Nc1ccc(NC(=O)C2(O)CCSC2)cc1)c1ccccc1. The number of carbonyl (C=O) groups is 1. The fraction of sp³-hybridized carbons (Fsp3) is 0.316. The Balaban J connectivity index is 1.60. The third kappa shape index (κ3) is 3.91. The smallest absolute Gasteiger partial charge is 0.257 e. The van der Waals surface area contributed by atoms with Crippen LogP contribution in [0.2, 0.25) is 0 Å². The van der Waals surface area contributed by atoms with Gasteiger partial charge in [-0.3, -0.25) is 4.79 Å². The quantitative estimate of drug-likeness (QED) is 0.776. The molecule has 4 nitrogen and oxygen atoms in total. The van der Waals surface area contributed by atoms with E-state index in [1.54, 1.807) is 11.8 Å². The van der Waals surface area contributed by atoms with Crippen molar-refractivity contribution < 1.29 is 9.90 Å². The van der Waals surface area contributed by atoms with Crippen molar-refractivity contribution >= 4 is 29.0 Å². The third-order valence-corrected chi connectivity index (χ3v) is 5.42. The van der Waals surface area contributed by atoms with Crippen LogP contribution in [0.1, 0.15) is 24.9 Å². The maximum atomic E-state index is 12.2. The first-order valence-electron chi connectivity index (χ1n) is 8.10. The summed E-state index contributed by atoms with van der Waals surface area (Å²) in [6.45, 7) is 2.11.